The molecule has 0 heterocycles. The second-order valence-electron chi connectivity index (χ2n) is 12.4. The Morgan fingerprint density at radius 1 is 0.825 bits per heavy atom. The summed E-state index contributed by atoms with van der Waals surface area (Å²) in [5.74, 6) is 0.424. The summed E-state index contributed by atoms with van der Waals surface area (Å²) >= 11 is 0. The summed E-state index contributed by atoms with van der Waals surface area (Å²) in [4.78, 5) is 23.3. The Labute approximate surface area is 244 Å². The maximum atomic E-state index is 12.0. The minimum absolute atomic E-state index is 0.0992. The van der Waals surface area contributed by atoms with Crippen LogP contribution in [0.15, 0.2) is 95.6 Å². The van der Waals surface area contributed by atoms with Gasteiger partial charge in [0.1, 0.15) is 12.1 Å². The third-order valence-electron chi connectivity index (χ3n) is 7.53. The molecule has 0 fully saturated rings. The van der Waals surface area contributed by atoms with E-state index in [1.807, 2.05) is 20.8 Å². The molecule has 0 aliphatic carbocycles. The van der Waals surface area contributed by atoms with Crippen molar-refractivity contribution in [1.82, 2.24) is 0 Å². The van der Waals surface area contributed by atoms with Crippen molar-refractivity contribution in [3.8, 4) is 0 Å². The minimum Gasteiger partial charge on any atom is -0.401 e. The Morgan fingerprint density at radius 3 is 1.85 bits per heavy atom. The number of rotatable bonds is 15. The molecule has 0 amide bonds. The van der Waals surface area contributed by atoms with E-state index in [1.54, 1.807) is 6.08 Å². The molecule has 1 atom stereocenters. The van der Waals surface area contributed by atoms with E-state index in [0.29, 0.717) is 18.6 Å². The Bertz CT molecular complexity index is 1130. The van der Waals surface area contributed by atoms with Gasteiger partial charge in [-0.15, -0.1) is 0 Å². The fraction of sp³-hybridized carbons (Fsp3) is 0.444. The van der Waals surface area contributed by atoms with E-state index in [-0.39, 0.29) is 17.1 Å². The van der Waals surface area contributed by atoms with Gasteiger partial charge < -0.3 is 4.43 Å². The van der Waals surface area contributed by atoms with E-state index in [2.05, 4.69) is 107 Å². The van der Waals surface area contributed by atoms with Gasteiger partial charge in [0.15, 0.2) is 0 Å². The van der Waals surface area contributed by atoms with Crippen LogP contribution >= 0.6 is 0 Å². The van der Waals surface area contributed by atoms with Gasteiger partial charge in [0, 0.05) is 12.3 Å². The summed E-state index contributed by atoms with van der Waals surface area (Å²) < 4.78 is 7.43. The zero-order valence-electron chi connectivity index (χ0n) is 26.0. The van der Waals surface area contributed by atoms with Crippen molar-refractivity contribution in [1.29, 1.82) is 0 Å². The van der Waals surface area contributed by atoms with Crippen LogP contribution in [0.1, 0.15) is 87.5 Å². The van der Waals surface area contributed by atoms with Crippen LogP contribution in [0.25, 0.3) is 0 Å². The molecule has 1 unspecified atom stereocenters. The van der Waals surface area contributed by atoms with E-state index in [1.165, 1.54) is 21.5 Å². The lowest BCUT2D eigenvalue weighted by atomic mass is 10.0. The second-order valence-corrected chi connectivity index (χ2v) is 16.6. The fourth-order valence-corrected chi connectivity index (χ4v) is 9.83. The molecule has 40 heavy (non-hydrogen) atoms. The molecule has 216 valence electrons. The van der Waals surface area contributed by atoms with Gasteiger partial charge in [-0.3, -0.25) is 9.59 Å². The van der Waals surface area contributed by atoms with Gasteiger partial charge >= 0.3 is 0 Å². The molecule has 2 aromatic carbocycles. The highest BCUT2D eigenvalue weighted by Crippen LogP contribution is 2.38. The first-order valence-electron chi connectivity index (χ1n) is 14.7. The number of hydrogen-bond acceptors (Lipinski definition) is 3. The molecule has 2 rings (SSSR count). The Morgan fingerprint density at radius 2 is 1.38 bits per heavy atom. The molecule has 0 aliphatic heterocycles. The lowest BCUT2D eigenvalue weighted by molar-refractivity contribution is -0.121. The zero-order chi connectivity index (χ0) is 29.8. The first kappa shape index (κ1) is 33.4. The number of ketones is 1. The smallest absolute Gasteiger partial charge is 0.261 e. The summed E-state index contributed by atoms with van der Waals surface area (Å²) in [6.45, 7) is 17.1. The molecule has 0 saturated carbocycles. The highest BCUT2D eigenvalue weighted by atomic mass is 28.4. The average molecular weight is 559 g/mol. The van der Waals surface area contributed by atoms with Crippen LogP contribution < -0.4 is 10.4 Å². The Kier molecular flexibility index (Phi) is 13.2. The number of allylic oxidation sites excluding steroid dienone is 4. The molecule has 0 aromatic heterocycles. The number of Topliss-reactive ketones (excluding diaryl/α,β-unsaturated/α-hetero) is 1. The number of carbonyl (C=O) groups is 2. The molecule has 0 spiro atoms. The quantitative estimate of drug-likeness (QED) is 0.0959. The van der Waals surface area contributed by atoms with Crippen LogP contribution in [-0.2, 0) is 14.0 Å². The van der Waals surface area contributed by atoms with Gasteiger partial charge in [0.2, 0.25) is 0 Å². The maximum absolute atomic E-state index is 12.0. The van der Waals surface area contributed by atoms with Crippen LogP contribution in [0.2, 0.25) is 5.04 Å². The van der Waals surface area contributed by atoms with Crippen LogP contribution in [0.4, 0.5) is 0 Å². The van der Waals surface area contributed by atoms with Crippen molar-refractivity contribution < 1.29 is 14.0 Å². The monoisotopic (exact) mass is 558 g/mol. The zero-order valence-corrected chi connectivity index (χ0v) is 27.0. The van der Waals surface area contributed by atoms with Crippen molar-refractivity contribution in [2.45, 2.75) is 98.6 Å². The third kappa shape index (κ3) is 9.67. The number of aldehydes is 1. The summed E-state index contributed by atoms with van der Waals surface area (Å²) in [6, 6.07) is 21.4. The third-order valence-corrected chi connectivity index (χ3v) is 12.6. The number of benzene rings is 2. The SMILES string of the molecule is C/C(=C\C(C/C(C)=C/C=O)O[Si](c1ccccc1)(c1ccccc1)C(C)(C)C)CC/C=C(\C)CCC(=O)C(C)C. The molecule has 0 radical (unpaired) electrons. The number of carbonyl (C=O) groups excluding carboxylic acids is 2. The Hall–Kier alpha value is -2.82. The molecule has 2 aromatic rings. The molecule has 4 heteroatoms. The second kappa shape index (κ2) is 15.8. The molecular weight excluding hydrogens is 508 g/mol. The van der Waals surface area contributed by atoms with Crippen LogP contribution in [0, 0.1) is 5.92 Å². The van der Waals surface area contributed by atoms with Gasteiger partial charge in [0.05, 0.1) is 6.10 Å². The molecule has 0 saturated heterocycles. The highest BCUT2D eigenvalue weighted by molar-refractivity contribution is 6.99. The minimum atomic E-state index is -2.75. The average Bonchev–Trinajstić information content (AvgIpc) is 2.90. The van der Waals surface area contributed by atoms with E-state index < -0.39 is 8.32 Å². The summed E-state index contributed by atoms with van der Waals surface area (Å²) in [6.07, 6.45) is 10.8. The van der Waals surface area contributed by atoms with Gasteiger partial charge in [-0.25, -0.2) is 0 Å². The van der Waals surface area contributed by atoms with E-state index in [0.717, 1.165) is 31.1 Å². The fourth-order valence-electron chi connectivity index (χ4n) is 5.21. The van der Waals surface area contributed by atoms with Gasteiger partial charge in [-0.05, 0) is 67.9 Å². The first-order valence-corrected chi connectivity index (χ1v) is 16.6. The van der Waals surface area contributed by atoms with Gasteiger partial charge in [-0.2, -0.15) is 0 Å². The first-order chi connectivity index (χ1) is 18.9. The highest BCUT2D eigenvalue weighted by Gasteiger charge is 2.51. The molecule has 0 bridgehead atoms. The van der Waals surface area contributed by atoms with E-state index >= 15 is 0 Å². The van der Waals surface area contributed by atoms with Gasteiger partial charge in [-0.1, -0.05) is 124 Å². The van der Waals surface area contributed by atoms with Crippen molar-refractivity contribution >= 4 is 30.8 Å². The summed E-state index contributed by atoms with van der Waals surface area (Å²) in [7, 11) is -2.75. The molecular formula is C36H50O3Si. The molecule has 3 nitrogen and oxygen atoms in total. The predicted octanol–water partition coefficient (Wildman–Crippen LogP) is 8.15. The van der Waals surface area contributed by atoms with E-state index in [4.69, 9.17) is 4.43 Å². The van der Waals surface area contributed by atoms with E-state index in [9.17, 15) is 9.59 Å². The largest absolute Gasteiger partial charge is 0.401 e. The normalized spacial score (nSPS) is 14.4. The number of hydrogen-bond donors (Lipinski definition) is 0. The molecule has 0 N–H and O–H groups in total. The van der Waals surface area contributed by atoms with Gasteiger partial charge in [0.25, 0.3) is 8.32 Å². The van der Waals surface area contributed by atoms with Crippen molar-refractivity contribution in [3.63, 3.8) is 0 Å². The van der Waals surface area contributed by atoms with Crippen molar-refractivity contribution in [2.75, 3.05) is 0 Å². The van der Waals surface area contributed by atoms with Crippen LogP contribution in [-0.4, -0.2) is 26.5 Å². The maximum Gasteiger partial charge on any atom is 0.261 e. The van der Waals surface area contributed by atoms with Crippen LogP contribution in [0.5, 0.6) is 0 Å². The topological polar surface area (TPSA) is 43.4 Å². The Balaban J connectivity index is 2.42. The standard InChI is InChI=1S/C36H50O3Si/c1-28(2)35(38)23-22-29(3)16-15-17-30(4)26-32(27-31(5)24-25-37)39-40(36(6,7)8,33-18-11-9-12-19-33)34-20-13-10-14-21-34/h9-14,16,18-21,24-26,28,32H,15,17,22-23,27H2,1-8H3/b29-16+,30-26+,31-24+. The predicted molar refractivity (Wildman–Crippen MR) is 173 cm³/mol. The lowest BCUT2D eigenvalue weighted by Crippen LogP contribution is -2.67. The van der Waals surface area contributed by atoms with Crippen molar-refractivity contribution in [3.05, 3.63) is 95.6 Å². The summed E-state index contributed by atoms with van der Waals surface area (Å²) in [5, 5.41) is 2.36. The van der Waals surface area contributed by atoms with Crippen molar-refractivity contribution in [2.24, 2.45) is 5.92 Å². The molecule has 0 aliphatic rings. The van der Waals surface area contributed by atoms with Crippen LogP contribution in [0.3, 0.4) is 0 Å². The lowest BCUT2D eigenvalue weighted by Gasteiger charge is -2.45. The summed E-state index contributed by atoms with van der Waals surface area (Å²) in [5.41, 5.74) is 3.54.